The summed E-state index contributed by atoms with van der Waals surface area (Å²) in [4.78, 5) is 4.33. The van der Waals surface area contributed by atoms with Gasteiger partial charge in [0.15, 0.2) is 6.29 Å². The smallest absolute Gasteiger partial charge is 0.159 e. The fourth-order valence-electron chi connectivity index (χ4n) is 2.26. The van der Waals surface area contributed by atoms with E-state index in [1.165, 1.54) is 0 Å². The SMILES string of the molecule is CCOC(CCNc1c(N)cnc2ccccc12)OCC. The zero-order valence-electron chi connectivity index (χ0n) is 12.6. The molecule has 2 rings (SSSR count). The number of nitrogens with two attached hydrogens (primary N) is 1. The van der Waals surface area contributed by atoms with Crippen LogP contribution in [0.25, 0.3) is 10.9 Å². The maximum Gasteiger partial charge on any atom is 0.159 e. The number of nitrogen functional groups attached to an aromatic ring is 1. The fourth-order valence-corrected chi connectivity index (χ4v) is 2.26. The Labute approximate surface area is 125 Å². The summed E-state index contributed by atoms with van der Waals surface area (Å²) in [5.74, 6) is 0. The standard InChI is InChI=1S/C16H23N3O2/c1-3-20-15(21-4-2)9-10-18-16-12-7-5-6-8-14(12)19-11-13(16)17/h5-8,11,15H,3-4,9-10,17H2,1-2H3,(H,18,19). The second kappa shape index (κ2) is 7.81. The predicted octanol–water partition coefficient (Wildman–Crippen LogP) is 3.02. The first-order valence-electron chi connectivity index (χ1n) is 7.36. The predicted molar refractivity (Wildman–Crippen MR) is 86.3 cm³/mol. The number of fused-ring (bicyclic) bond motifs is 1. The van der Waals surface area contributed by atoms with Gasteiger partial charge in [0.2, 0.25) is 0 Å². The van der Waals surface area contributed by atoms with Gasteiger partial charge in [-0.1, -0.05) is 18.2 Å². The lowest BCUT2D eigenvalue weighted by Crippen LogP contribution is -2.21. The van der Waals surface area contributed by atoms with E-state index in [4.69, 9.17) is 15.2 Å². The molecule has 0 aliphatic carbocycles. The average Bonchev–Trinajstić information content (AvgIpc) is 2.50. The molecule has 114 valence electrons. The fraction of sp³-hybridized carbons (Fsp3) is 0.438. The molecule has 1 aromatic heterocycles. The van der Waals surface area contributed by atoms with E-state index in [1.54, 1.807) is 6.20 Å². The van der Waals surface area contributed by atoms with E-state index in [0.29, 0.717) is 18.9 Å². The van der Waals surface area contributed by atoms with Crippen molar-refractivity contribution in [1.82, 2.24) is 4.98 Å². The van der Waals surface area contributed by atoms with Crippen LogP contribution in [0.4, 0.5) is 11.4 Å². The number of nitrogens with zero attached hydrogens (tertiary/aromatic N) is 1. The molecule has 0 fully saturated rings. The monoisotopic (exact) mass is 289 g/mol. The number of hydrogen-bond donors (Lipinski definition) is 2. The van der Waals surface area contributed by atoms with Crippen LogP contribution in [0.15, 0.2) is 30.5 Å². The van der Waals surface area contributed by atoms with Crippen molar-refractivity contribution >= 4 is 22.3 Å². The van der Waals surface area contributed by atoms with Crippen LogP contribution in [0.5, 0.6) is 0 Å². The Hall–Kier alpha value is -1.85. The number of pyridine rings is 1. The second-order valence-corrected chi connectivity index (χ2v) is 4.66. The lowest BCUT2D eigenvalue weighted by atomic mass is 10.1. The van der Waals surface area contributed by atoms with Crippen molar-refractivity contribution in [2.75, 3.05) is 30.8 Å². The minimum absolute atomic E-state index is 0.179. The lowest BCUT2D eigenvalue weighted by Gasteiger charge is -2.18. The zero-order valence-corrected chi connectivity index (χ0v) is 12.6. The highest BCUT2D eigenvalue weighted by atomic mass is 16.7. The van der Waals surface area contributed by atoms with Crippen molar-refractivity contribution < 1.29 is 9.47 Å². The summed E-state index contributed by atoms with van der Waals surface area (Å²) in [6.07, 6.45) is 2.27. The van der Waals surface area contributed by atoms with Gasteiger partial charge in [0.05, 0.1) is 23.1 Å². The molecular weight excluding hydrogens is 266 g/mol. The number of aromatic nitrogens is 1. The minimum Gasteiger partial charge on any atom is -0.396 e. The molecule has 0 saturated heterocycles. The number of benzene rings is 1. The molecule has 1 heterocycles. The summed E-state index contributed by atoms with van der Waals surface area (Å²) in [7, 11) is 0. The molecule has 0 radical (unpaired) electrons. The number of hydrogen-bond acceptors (Lipinski definition) is 5. The van der Waals surface area contributed by atoms with E-state index in [2.05, 4.69) is 10.3 Å². The van der Waals surface area contributed by atoms with Crippen molar-refractivity contribution in [3.8, 4) is 0 Å². The lowest BCUT2D eigenvalue weighted by molar-refractivity contribution is -0.137. The van der Waals surface area contributed by atoms with Crippen molar-refractivity contribution in [3.05, 3.63) is 30.5 Å². The molecular formula is C16H23N3O2. The number of ether oxygens (including phenoxy) is 2. The molecule has 0 saturated carbocycles. The summed E-state index contributed by atoms with van der Waals surface area (Å²) >= 11 is 0. The Balaban J connectivity index is 2.04. The van der Waals surface area contributed by atoms with E-state index in [-0.39, 0.29) is 6.29 Å². The number of nitrogens with one attached hydrogen (secondary N) is 1. The Morgan fingerprint density at radius 3 is 2.62 bits per heavy atom. The molecule has 2 aromatic rings. The molecule has 3 N–H and O–H groups in total. The molecule has 0 spiro atoms. The normalized spacial score (nSPS) is 11.2. The molecule has 0 unspecified atom stereocenters. The third-order valence-corrected chi connectivity index (χ3v) is 3.19. The Bertz CT molecular complexity index is 568. The van der Waals surface area contributed by atoms with Gasteiger partial charge in [0.1, 0.15) is 0 Å². The highest BCUT2D eigenvalue weighted by molar-refractivity contribution is 5.96. The van der Waals surface area contributed by atoms with Gasteiger partial charge in [-0.05, 0) is 19.9 Å². The van der Waals surface area contributed by atoms with Crippen molar-refractivity contribution in [2.24, 2.45) is 0 Å². The zero-order chi connectivity index (χ0) is 15.1. The Morgan fingerprint density at radius 1 is 1.19 bits per heavy atom. The molecule has 5 heteroatoms. The molecule has 0 aliphatic rings. The highest BCUT2D eigenvalue weighted by Crippen LogP contribution is 2.27. The third-order valence-electron chi connectivity index (χ3n) is 3.19. The Morgan fingerprint density at radius 2 is 1.90 bits per heavy atom. The van der Waals surface area contributed by atoms with Gasteiger partial charge in [0, 0.05) is 31.6 Å². The first-order chi connectivity index (χ1) is 10.3. The van der Waals surface area contributed by atoms with Crippen LogP contribution in [-0.2, 0) is 9.47 Å². The number of rotatable bonds is 8. The van der Waals surface area contributed by atoms with Gasteiger partial charge >= 0.3 is 0 Å². The molecule has 0 amide bonds. The first-order valence-corrected chi connectivity index (χ1v) is 7.36. The van der Waals surface area contributed by atoms with Crippen LogP contribution in [0.2, 0.25) is 0 Å². The van der Waals surface area contributed by atoms with Crippen LogP contribution in [0.3, 0.4) is 0 Å². The maximum atomic E-state index is 6.03. The van der Waals surface area contributed by atoms with E-state index < -0.39 is 0 Å². The van der Waals surface area contributed by atoms with Crippen molar-refractivity contribution in [2.45, 2.75) is 26.6 Å². The summed E-state index contributed by atoms with van der Waals surface area (Å²) in [5.41, 5.74) is 8.54. The van der Waals surface area contributed by atoms with Gasteiger partial charge in [-0.15, -0.1) is 0 Å². The van der Waals surface area contributed by atoms with Crippen LogP contribution in [0.1, 0.15) is 20.3 Å². The topological polar surface area (TPSA) is 69.4 Å². The molecule has 5 nitrogen and oxygen atoms in total. The van der Waals surface area contributed by atoms with E-state index in [1.807, 2.05) is 38.1 Å². The van der Waals surface area contributed by atoms with Crippen LogP contribution < -0.4 is 11.1 Å². The van der Waals surface area contributed by atoms with E-state index in [0.717, 1.165) is 29.6 Å². The maximum absolute atomic E-state index is 6.03. The largest absolute Gasteiger partial charge is 0.396 e. The summed E-state index contributed by atoms with van der Waals surface area (Å²) in [6, 6.07) is 7.94. The molecule has 0 bridgehead atoms. The van der Waals surface area contributed by atoms with E-state index >= 15 is 0 Å². The quantitative estimate of drug-likeness (QED) is 0.731. The van der Waals surface area contributed by atoms with Crippen LogP contribution in [-0.4, -0.2) is 31.0 Å². The molecule has 0 atom stereocenters. The van der Waals surface area contributed by atoms with Gasteiger partial charge in [-0.3, -0.25) is 4.98 Å². The van der Waals surface area contributed by atoms with Gasteiger partial charge < -0.3 is 20.5 Å². The highest BCUT2D eigenvalue weighted by Gasteiger charge is 2.09. The minimum atomic E-state index is -0.179. The average molecular weight is 289 g/mol. The summed E-state index contributed by atoms with van der Waals surface area (Å²) in [5, 5.41) is 4.41. The molecule has 0 aliphatic heterocycles. The Kier molecular flexibility index (Phi) is 5.78. The van der Waals surface area contributed by atoms with Crippen molar-refractivity contribution in [1.29, 1.82) is 0 Å². The van der Waals surface area contributed by atoms with Gasteiger partial charge in [-0.2, -0.15) is 0 Å². The number of anilines is 2. The summed E-state index contributed by atoms with van der Waals surface area (Å²) < 4.78 is 11.1. The summed E-state index contributed by atoms with van der Waals surface area (Å²) in [6.45, 7) is 5.94. The molecule has 21 heavy (non-hydrogen) atoms. The van der Waals surface area contributed by atoms with E-state index in [9.17, 15) is 0 Å². The second-order valence-electron chi connectivity index (χ2n) is 4.66. The first kappa shape index (κ1) is 15.5. The van der Waals surface area contributed by atoms with Gasteiger partial charge in [0.25, 0.3) is 0 Å². The van der Waals surface area contributed by atoms with Crippen LogP contribution in [0, 0.1) is 0 Å². The third kappa shape index (κ3) is 4.06. The van der Waals surface area contributed by atoms with Gasteiger partial charge in [-0.25, -0.2) is 0 Å². The van der Waals surface area contributed by atoms with Crippen molar-refractivity contribution in [3.63, 3.8) is 0 Å². The van der Waals surface area contributed by atoms with Crippen LogP contribution >= 0.6 is 0 Å². The number of para-hydroxylation sites is 1. The molecule has 1 aromatic carbocycles.